The number of halogens is 4. The molecule has 0 aromatic heterocycles. The van der Waals surface area contributed by atoms with Crippen LogP contribution < -0.4 is 16.4 Å². The van der Waals surface area contributed by atoms with Gasteiger partial charge in [-0.15, -0.1) is 0 Å². The fraction of sp³-hybridized carbons (Fsp3) is 0.429. The van der Waals surface area contributed by atoms with Crippen LogP contribution in [0.15, 0.2) is 36.4 Å². The van der Waals surface area contributed by atoms with Crippen molar-refractivity contribution in [3.8, 4) is 0 Å². The van der Waals surface area contributed by atoms with E-state index in [9.17, 15) is 36.7 Å². The van der Waals surface area contributed by atoms with Crippen LogP contribution in [0.25, 0.3) is 0 Å². The Bertz CT molecular complexity index is 1380. The van der Waals surface area contributed by atoms with Gasteiger partial charge in [-0.1, -0.05) is 32.0 Å². The average molecular weight is 579 g/mol. The van der Waals surface area contributed by atoms with Crippen molar-refractivity contribution in [2.24, 2.45) is 11.7 Å². The van der Waals surface area contributed by atoms with Crippen molar-refractivity contribution < 1.29 is 41.5 Å². The van der Waals surface area contributed by atoms with Crippen molar-refractivity contribution in [3.63, 3.8) is 0 Å². The maximum Gasteiger partial charge on any atom is 0.415 e. The van der Waals surface area contributed by atoms with Crippen LogP contribution in [0.5, 0.6) is 0 Å². The third-order valence-electron chi connectivity index (χ3n) is 7.58. The Balaban J connectivity index is 1.76. The fourth-order valence-corrected chi connectivity index (χ4v) is 5.05. The standard InChI is InChI=1S/C28H30F4N4O5/c1-14(2)23(33)24(38)34-21-9-8-20-18(10-11-27(20)25(39)35-26(40)41-27)19(21)12-22(37)36(15(3)28(30,31)32)13-16-4-6-17(29)7-5-16/h4-9,14-15,23H,10-13,33H2,1-3H3,(H,34,38)(H,35,39,40)/t15-,23+,27+/m0/s1. The van der Waals surface area contributed by atoms with Crippen molar-refractivity contribution in [2.75, 3.05) is 5.32 Å². The van der Waals surface area contributed by atoms with Gasteiger partial charge in [-0.05, 0) is 54.2 Å². The molecule has 1 saturated heterocycles. The molecule has 4 rings (SSSR count). The maximum atomic E-state index is 13.9. The van der Waals surface area contributed by atoms with Gasteiger partial charge in [-0.3, -0.25) is 19.7 Å². The Morgan fingerprint density at radius 1 is 1.12 bits per heavy atom. The average Bonchev–Trinajstić information content (AvgIpc) is 3.41. The molecule has 1 aliphatic carbocycles. The van der Waals surface area contributed by atoms with Crippen LogP contribution in [0, 0.1) is 11.7 Å². The molecule has 2 aromatic carbocycles. The number of amides is 4. The van der Waals surface area contributed by atoms with Crippen LogP contribution in [0.1, 0.15) is 49.4 Å². The molecule has 1 spiro atoms. The molecule has 3 atom stereocenters. The highest BCUT2D eigenvalue weighted by molar-refractivity contribution is 6.04. The number of alkyl halides is 3. The topological polar surface area (TPSA) is 131 Å². The molecule has 4 N–H and O–H groups in total. The van der Waals surface area contributed by atoms with Crippen LogP contribution in [0.2, 0.25) is 0 Å². The van der Waals surface area contributed by atoms with E-state index in [4.69, 9.17) is 10.5 Å². The van der Waals surface area contributed by atoms with E-state index in [2.05, 4.69) is 10.6 Å². The van der Waals surface area contributed by atoms with Gasteiger partial charge in [-0.25, -0.2) is 9.18 Å². The molecule has 0 unspecified atom stereocenters. The molecule has 2 aromatic rings. The zero-order chi connectivity index (χ0) is 30.3. The quantitative estimate of drug-likeness (QED) is 0.410. The summed E-state index contributed by atoms with van der Waals surface area (Å²) in [6.45, 7) is 3.86. The van der Waals surface area contributed by atoms with Crippen LogP contribution in [0.3, 0.4) is 0 Å². The number of nitrogens with two attached hydrogens (primary N) is 1. The zero-order valence-corrected chi connectivity index (χ0v) is 22.6. The molecule has 9 nitrogen and oxygen atoms in total. The maximum absolute atomic E-state index is 13.9. The summed E-state index contributed by atoms with van der Waals surface area (Å²) >= 11 is 0. The van der Waals surface area contributed by atoms with Gasteiger partial charge >= 0.3 is 12.3 Å². The SMILES string of the molecule is CC(C)[C@@H](N)C(=O)Nc1ccc2c(c1CC(=O)N(Cc1ccc(F)cc1)[C@@H](C)C(F)(F)F)CC[C@@]21OC(=O)NC1=O. The molecule has 0 radical (unpaired) electrons. The normalized spacial score (nSPS) is 19.5. The number of alkyl carbamates (subject to hydrolysis) is 1. The molecule has 4 amide bonds. The van der Waals surface area contributed by atoms with E-state index in [0.717, 1.165) is 19.1 Å². The van der Waals surface area contributed by atoms with E-state index in [1.54, 1.807) is 13.8 Å². The molecule has 1 heterocycles. The number of hydrogen-bond acceptors (Lipinski definition) is 6. The number of imide groups is 1. The first-order valence-electron chi connectivity index (χ1n) is 13.0. The number of anilines is 1. The minimum absolute atomic E-state index is 0.0439. The number of carbonyl (C=O) groups is 4. The van der Waals surface area contributed by atoms with Gasteiger partial charge in [0.1, 0.15) is 11.9 Å². The minimum atomic E-state index is -4.77. The van der Waals surface area contributed by atoms with Crippen molar-refractivity contribution in [1.29, 1.82) is 0 Å². The molecule has 13 heteroatoms. The molecular weight excluding hydrogens is 548 g/mol. The van der Waals surface area contributed by atoms with Crippen LogP contribution in [0.4, 0.5) is 28.0 Å². The van der Waals surface area contributed by atoms with E-state index in [1.165, 1.54) is 24.3 Å². The molecule has 220 valence electrons. The van der Waals surface area contributed by atoms with Crippen molar-refractivity contribution in [3.05, 3.63) is 64.5 Å². The van der Waals surface area contributed by atoms with Gasteiger partial charge in [0, 0.05) is 24.2 Å². The van der Waals surface area contributed by atoms with E-state index >= 15 is 0 Å². The zero-order valence-electron chi connectivity index (χ0n) is 22.6. The first-order chi connectivity index (χ1) is 19.1. The first-order valence-corrected chi connectivity index (χ1v) is 13.0. The van der Waals surface area contributed by atoms with E-state index < -0.39 is 66.5 Å². The van der Waals surface area contributed by atoms with Crippen LogP contribution in [-0.2, 0) is 44.1 Å². The number of benzene rings is 2. The number of carbonyl (C=O) groups excluding carboxylic acids is 4. The predicted octanol–water partition coefficient (Wildman–Crippen LogP) is 3.68. The summed E-state index contributed by atoms with van der Waals surface area (Å²) in [5.74, 6) is -3.01. The van der Waals surface area contributed by atoms with Gasteiger partial charge in [0.15, 0.2) is 0 Å². The molecule has 1 aliphatic heterocycles. The van der Waals surface area contributed by atoms with Gasteiger partial charge in [-0.2, -0.15) is 13.2 Å². The predicted molar refractivity (Wildman–Crippen MR) is 139 cm³/mol. The molecule has 2 aliphatic rings. The van der Waals surface area contributed by atoms with Gasteiger partial charge in [0.25, 0.3) is 5.91 Å². The number of rotatable bonds is 8. The Hall–Kier alpha value is -4.00. The lowest BCUT2D eigenvalue weighted by atomic mass is 9.91. The van der Waals surface area contributed by atoms with Crippen molar-refractivity contribution >= 4 is 29.5 Å². The van der Waals surface area contributed by atoms with Crippen LogP contribution >= 0.6 is 0 Å². The Labute approximate surface area is 233 Å². The summed E-state index contributed by atoms with van der Waals surface area (Å²) in [4.78, 5) is 51.7. The molecule has 0 saturated carbocycles. The second-order valence-electron chi connectivity index (χ2n) is 10.6. The summed E-state index contributed by atoms with van der Waals surface area (Å²) in [5, 5.41) is 4.77. The number of ether oxygens (including phenoxy) is 1. The van der Waals surface area contributed by atoms with Crippen LogP contribution in [-0.4, -0.2) is 47.0 Å². The molecule has 1 fully saturated rings. The smallest absolute Gasteiger partial charge is 0.415 e. The highest BCUT2D eigenvalue weighted by atomic mass is 19.4. The number of nitrogens with zero attached hydrogens (tertiary/aromatic N) is 1. The van der Waals surface area contributed by atoms with Crippen molar-refractivity contribution in [1.82, 2.24) is 10.2 Å². The summed E-state index contributed by atoms with van der Waals surface area (Å²) < 4.78 is 60.3. The lowest BCUT2D eigenvalue weighted by Crippen LogP contribution is -2.47. The van der Waals surface area contributed by atoms with Gasteiger partial charge < -0.3 is 20.7 Å². The molecule has 0 bridgehead atoms. The summed E-state index contributed by atoms with van der Waals surface area (Å²) in [5.41, 5.74) is 5.62. The molecule has 41 heavy (non-hydrogen) atoms. The Kier molecular flexibility index (Phi) is 8.12. The summed E-state index contributed by atoms with van der Waals surface area (Å²) in [6.07, 6.45) is -6.10. The lowest BCUT2D eigenvalue weighted by molar-refractivity contribution is -0.186. The third kappa shape index (κ3) is 5.90. The highest BCUT2D eigenvalue weighted by Gasteiger charge is 2.55. The Morgan fingerprint density at radius 2 is 1.78 bits per heavy atom. The number of hydrogen-bond donors (Lipinski definition) is 3. The van der Waals surface area contributed by atoms with Crippen molar-refractivity contribution in [2.45, 2.75) is 70.4 Å². The lowest BCUT2D eigenvalue weighted by Gasteiger charge is -2.31. The van der Waals surface area contributed by atoms with Gasteiger partial charge in [0.05, 0.1) is 12.5 Å². The highest BCUT2D eigenvalue weighted by Crippen LogP contribution is 2.46. The van der Waals surface area contributed by atoms with Gasteiger partial charge in [0.2, 0.25) is 17.4 Å². The third-order valence-corrected chi connectivity index (χ3v) is 7.58. The van der Waals surface area contributed by atoms with E-state index in [1.807, 2.05) is 0 Å². The summed E-state index contributed by atoms with van der Waals surface area (Å²) in [7, 11) is 0. The van der Waals surface area contributed by atoms with E-state index in [0.29, 0.717) is 10.5 Å². The largest absolute Gasteiger partial charge is 0.427 e. The number of fused-ring (bicyclic) bond motifs is 2. The monoisotopic (exact) mass is 578 g/mol. The van der Waals surface area contributed by atoms with E-state index in [-0.39, 0.29) is 41.1 Å². The second kappa shape index (κ2) is 11.1. The summed E-state index contributed by atoms with van der Waals surface area (Å²) in [6, 6.07) is 4.52. The second-order valence-corrected chi connectivity index (χ2v) is 10.6. The Morgan fingerprint density at radius 3 is 2.34 bits per heavy atom. The first kappa shape index (κ1) is 30.0. The minimum Gasteiger partial charge on any atom is -0.427 e. The fourth-order valence-electron chi connectivity index (χ4n) is 5.05. The number of nitrogens with one attached hydrogen (secondary N) is 2. The molecular formula is C28H30F4N4O5.